The van der Waals surface area contributed by atoms with Crippen molar-refractivity contribution in [2.75, 3.05) is 13.6 Å². The zero-order chi connectivity index (χ0) is 24.8. The summed E-state index contributed by atoms with van der Waals surface area (Å²) >= 11 is 0. The van der Waals surface area contributed by atoms with Crippen molar-refractivity contribution in [3.8, 4) is 0 Å². The van der Waals surface area contributed by atoms with Crippen LogP contribution in [0.3, 0.4) is 0 Å². The third-order valence-corrected chi connectivity index (χ3v) is 5.32. The molecule has 4 rings (SSSR count). The van der Waals surface area contributed by atoms with Gasteiger partial charge in [0.1, 0.15) is 6.54 Å². The molecule has 0 bridgehead atoms. The predicted octanol–water partition coefficient (Wildman–Crippen LogP) is 1.98. The molecule has 0 atom stereocenters. The van der Waals surface area contributed by atoms with Crippen LogP contribution in [-0.4, -0.2) is 46.0 Å². The molecule has 0 fully saturated rings. The molecule has 3 aromatic carbocycles. The molecular weight excluding hydrogens is 446 g/mol. The predicted molar refractivity (Wildman–Crippen MR) is 131 cm³/mol. The van der Waals surface area contributed by atoms with E-state index >= 15 is 0 Å². The molecule has 0 radical (unpaired) electrons. The number of amides is 3. The fourth-order valence-electron chi connectivity index (χ4n) is 3.58. The van der Waals surface area contributed by atoms with Gasteiger partial charge in [0.05, 0.1) is 11.9 Å². The van der Waals surface area contributed by atoms with Gasteiger partial charge in [-0.05, 0) is 23.8 Å². The zero-order valence-electron chi connectivity index (χ0n) is 19.0. The molecule has 0 aliphatic rings. The molecule has 35 heavy (non-hydrogen) atoms. The van der Waals surface area contributed by atoms with Crippen LogP contribution in [0.4, 0.5) is 0 Å². The molecule has 2 N–H and O–H groups in total. The largest absolute Gasteiger partial charge is 0.332 e. The number of fused-ring (bicyclic) bond motifs is 1. The van der Waals surface area contributed by atoms with Crippen molar-refractivity contribution in [3.63, 3.8) is 0 Å². The molecule has 1 heterocycles. The summed E-state index contributed by atoms with van der Waals surface area (Å²) in [5.41, 5.74) is 5.60. The van der Waals surface area contributed by atoms with E-state index in [1.165, 1.54) is 16.6 Å². The van der Waals surface area contributed by atoms with Crippen molar-refractivity contribution in [1.82, 2.24) is 25.5 Å². The highest BCUT2D eigenvalue weighted by Crippen LogP contribution is 2.14. The SMILES string of the molecule is CN(CC(=O)NNC(=O)c1nn(Cc2ccccc2)c(=O)c2ccccc12)C(=O)c1ccccc1. The number of carbonyl (C=O) groups excluding carboxylic acids is 3. The number of hydrazine groups is 1. The summed E-state index contributed by atoms with van der Waals surface area (Å²) in [5, 5.41) is 4.98. The summed E-state index contributed by atoms with van der Waals surface area (Å²) < 4.78 is 1.22. The summed E-state index contributed by atoms with van der Waals surface area (Å²) in [4.78, 5) is 51.9. The number of rotatable bonds is 6. The van der Waals surface area contributed by atoms with Crippen LogP contribution in [-0.2, 0) is 11.3 Å². The molecule has 0 saturated heterocycles. The Hall–Kier alpha value is -4.79. The van der Waals surface area contributed by atoms with Crippen molar-refractivity contribution in [2.24, 2.45) is 0 Å². The second-order valence-electron chi connectivity index (χ2n) is 7.87. The van der Waals surface area contributed by atoms with Gasteiger partial charge in [0.15, 0.2) is 5.69 Å². The number of benzene rings is 3. The van der Waals surface area contributed by atoms with Gasteiger partial charge in [-0.3, -0.25) is 30.0 Å². The summed E-state index contributed by atoms with van der Waals surface area (Å²) in [7, 11) is 1.49. The van der Waals surface area contributed by atoms with Gasteiger partial charge in [-0.15, -0.1) is 0 Å². The van der Waals surface area contributed by atoms with Gasteiger partial charge in [-0.2, -0.15) is 5.10 Å². The van der Waals surface area contributed by atoms with Crippen LogP contribution in [0.5, 0.6) is 0 Å². The normalized spacial score (nSPS) is 10.5. The third-order valence-electron chi connectivity index (χ3n) is 5.32. The van der Waals surface area contributed by atoms with Crippen LogP contribution in [0.1, 0.15) is 26.4 Å². The first-order valence-corrected chi connectivity index (χ1v) is 10.9. The molecule has 4 aromatic rings. The van der Waals surface area contributed by atoms with Crippen molar-refractivity contribution in [2.45, 2.75) is 6.54 Å². The van der Waals surface area contributed by atoms with E-state index in [1.807, 2.05) is 30.3 Å². The van der Waals surface area contributed by atoms with Gasteiger partial charge < -0.3 is 4.90 Å². The number of nitrogens with one attached hydrogen (secondary N) is 2. The van der Waals surface area contributed by atoms with Crippen molar-refractivity contribution < 1.29 is 14.4 Å². The molecule has 0 unspecified atom stereocenters. The van der Waals surface area contributed by atoms with E-state index in [0.717, 1.165) is 5.56 Å². The maximum absolute atomic E-state index is 12.9. The lowest BCUT2D eigenvalue weighted by molar-refractivity contribution is -0.122. The van der Waals surface area contributed by atoms with Crippen LogP contribution >= 0.6 is 0 Å². The van der Waals surface area contributed by atoms with Crippen LogP contribution in [0.15, 0.2) is 89.7 Å². The van der Waals surface area contributed by atoms with E-state index < -0.39 is 11.8 Å². The molecule has 9 heteroatoms. The number of hydrogen-bond donors (Lipinski definition) is 2. The van der Waals surface area contributed by atoms with Gasteiger partial charge in [0.2, 0.25) is 0 Å². The lowest BCUT2D eigenvalue weighted by atomic mass is 10.1. The number of aromatic nitrogens is 2. The smallest absolute Gasteiger partial charge is 0.290 e. The molecule has 0 saturated carbocycles. The average Bonchev–Trinajstić information content (AvgIpc) is 2.89. The van der Waals surface area contributed by atoms with E-state index in [4.69, 9.17) is 0 Å². The van der Waals surface area contributed by atoms with Crippen molar-refractivity contribution in [1.29, 1.82) is 0 Å². The van der Waals surface area contributed by atoms with Gasteiger partial charge in [0.25, 0.3) is 23.3 Å². The molecule has 0 aliphatic heterocycles. The molecule has 0 aliphatic carbocycles. The zero-order valence-corrected chi connectivity index (χ0v) is 19.0. The number of nitrogens with zero attached hydrogens (tertiary/aromatic N) is 3. The Morgan fingerprint density at radius 3 is 2.11 bits per heavy atom. The topological polar surface area (TPSA) is 113 Å². The average molecular weight is 470 g/mol. The first-order valence-electron chi connectivity index (χ1n) is 10.9. The molecule has 3 amide bonds. The van der Waals surface area contributed by atoms with E-state index in [9.17, 15) is 19.2 Å². The first kappa shape index (κ1) is 23.4. The standard InChI is InChI=1S/C26H23N5O4/c1-30(25(34)19-12-6-3-7-13-19)17-22(32)27-28-24(33)23-20-14-8-9-15-21(20)26(35)31(29-23)16-18-10-4-2-5-11-18/h2-15H,16-17H2,1H3,(H,27,32)(H,28,33). The van der Waals surface area contributed by atoms with Crippen molar-refractivity contribution in [3.05, 3.63) is 112 Å². The molecule has 9 nitrogen and oxygen atoms in total. The van der Waals surface area contributed by atoms with Crippen molar-refractivity contribution >= 4 is 28.5 Å². The van der Waals surface area contributed by atoms with E-state index in [-0.39, 0.29) is 30.2 Å². The summed E-state index contributed by atoms with van der Waals surface area (Å²) in [6.45, 7) is -0.0841. The Morgan fingerprint density at radius 1 is 0.829 bits per heavy atom. The Labute approximate surface area is 201 Å². The number of likely N-dealkylation sites (N-methyl/N-ethyl adjacent to an activating group) is 1. The first-order chi connectivity index (χ1) is 16.9. The van der Waals surface area contributed by atoms with Crippen LogP contribution in [0.2, 0.25) is 0 Å². The van der Waals surface area contributed by atoms with Crippen LogP contribution in [0.25, 0.3) is 10.8 Å². The monoisotopic (exact) mass is 469 g/mol. The minimum Gasteiger partial charge on any atom is -0.332 e. The minimum atomic E-state index is -0.687. The highest BCUT2D eigenvalue weighted by atomic mass is 16.2. The Bertz CT molecular complexity index is 1430. The van der Waals surface area contributed by atoms with E-state index in [2.05, 4.69) is 16.0 Å². The summed E-state index contributed by atoms with van der Waals surface area (Å²) in [6.07, 6.45) is 0. The van der Waals surface area contributed by atoms with Gasteiger partial charge in [-0.1, -0.05) is 66.7 Å². The molecular formula is C26H23N5O4. The summed E-state index contributed by atoms with van der Waals surface area (Å²) in [6, 6.07) is 24.5. The lowest BCUT2D eigenvalue weighted by Crippen LogP contribution is -2.47. The number of hydrogen-bond acceptors (Lipinski definition) is 5. The maximum atomic E-state index is 12.9. The molecule has 1 aromatic heterocycles. The molecule has 176 valence electrons. The lowest BCUT2D eigenvalue weighted by Gasteiger charge is -2.17. The maximum Gasteiger partial charge on any atom is 0.290 e. The van der Waals surface area contributed by atoms with E-state index in [1.54, 1.807) is 54.6 Å². The Balaban J connectivity index is 1.49. The van der Waals surface area contributed by atoms with E-state index in [0.29, 0.717) is 16.3 Å². The fourth-order valence-corrected chi connectivity index (χ4v) is 3.58. The van der Waals surface area contributed by atoms with Gasteiger partial charge in [0, 0.05) is 18.0 Å². The quantitative estimate of drug-likeness (QED) is 0.419. The highest BCUT2D eigenvalue weighted by Gasteiger charge is 2.19. The minimum absolute atomic E-state index is 0.00912. The van der Waals surface area contributed by atoms with Crippen LogP contribution in [0, 0.1) is 0 Å². The Kier molecular flexibility index (Phi) is 6.96. The third kappa shape index (κ3) is 5.41. The molecule has 0 spiro atoms. The second-order valence-corrected chi connectivity index (χ2v) is 7.87. The van der Waals surface area contributed by atoms with Crippen LogP contribution < -0.4 is 16.4 Å². The highest BCUT2D eigenvalue weighted by molar-refractivity contribution is 6.05. The fraction of sp³-hybridized carbons (Fsp3) is 0.115. The summed E-state index contributed by atoms with van der Waals surface area (Å²) in [5.74, 6) is -1.60. The van der Waals surface area contributed by atoms with Gasteiger partial charge >= 0.3 is 0 Å². The van der Waals surface area contributed by atoms with Gasteiger partial charge in [-0.25, -0.2) is 4.68 Å². The number of carbonyl (C=O) groups is 3. The second kappa shape index (κ2) is 10.4. The Morgan fingerprint density at radius 2 is 1.43 bits per heavy atom.